The van der Waals surface area contributed by atoms with Gasteiger partial charge in [-0.15, -0.1) is 0 Å². The largest absolute Gasteiger partial charge is 0.387 e. The topological polar surface area (TPSA) is 86.8 Å². The number of piperidine rings is 1. The molecule has 4 N–H and O–H groups in total. The summed E-state index contributed by atoms with van der Waals surface area (Å²) in [6.45, 7) is 3.60. The average Bonchev–Trinajstić information content (AvgIpc) is 2.41. The molecule has 5 heteroatoms. The predicted molar refractivity (Wildman–Crippen MR) is 76.0 cm³/mol. The molecule has 1 aromatic rings. The zero-order valence-corrected chi connectivity index (χ0v) is 11.7. The molecule has 20 heavy (non-hydrogen) atoms. The standard InChI is InChI=1S/C15H22N2O3/c1-11-3-2-4-12(9-11)13(18)10-17-7-5-15(20,6-8-17)14(16)19/h2-4,9,13,18,20H,5-8,10H2,1H3,(H2,16,19). The molecular weight excluding hydrogens is 256 g/mol. The number of β-amino-alcohol motifs (C(OH)–C–C–N with tert-alkyl or cyclic N) is 1. The van der Waals surface area contributed by atoms with Gasteiger partial charge < -0.3 is 20.8 Å². The van der Waals surface area contributed by atoms with E-state index < -0.39 is 17.6 Å². The molecule has 1 atom stereocenters. The number of aliphatic hydroxyl groups is 2. The highest BCUT2D eigenvalue weighted by atomic mass is 16.3. The first-order valence-corrected chi connectivity index (χ1v) is 6.90. The summed E-state index contributed by atoms with van der Waals surface area (Å²) in [6, 6.07) is 7.79. The van der Waals surface area contributed by atoms with E-state index >= 15 is 0 Å². The molecule has 1 aromatic carbocycles. The molecule has 0 spiro atoms. The number of hydrogen-bond donors (Lipinski definition) is 3. The van der Waals surface area contributed by atoms with Crippen LogP contribution in [0.2, 0.25) is 0 Å². The number of hydrogen-bond acceptors (Lipinski definition) is 4. The predicted octanol–water partition coefficient (Wildman–Crippen LogP) is 0.341. The second-order valence-corrected chi connectivity index (χ2v) is 5.63. The zero-order valence-electron chi connectivity index (χ0n) is 11.7. The highest BCUT2D eigenvalue weighted by Gasteiger charge is 2.37. The summed E-state index contributed by atoms with van der Waals surface area (Å²) in [5, 5.41) is 20.2. The van der Waals surface area contributed by atoms with Crippen LogP contribution in [0.3, 0.4) is 0 Å². The number of rotatable bonds is 4. The van der Waals surface area contributed by atoms with Gasteiger partial charge in [-0.1, -0.05) is 29.8 Å². The van der Waals surface area contributed by atoms with Crippen LogP contribution in [0, 0.1) is 6.92 Å². The van der Waals surface area contributed by atoms with Gasteiger partial charge in [0.2, 0.25) is 5.91 Å². The molecule has 1 saturated heterocycles. The van der Waals surface area contributed by atoms with Crippen LogP contribution in [-0.4, -0.2) is 46.3 Å². The van der Waals surface area contributed by atoms with Crippen LogP contribution in [0.4, 0.5) is 0 Å². The fraction of sp³-hybridized carbons (Fsp3) is 0.533. The van der Waals surface area contributed by atoms with Gasteiger partial charge in [-0.05, 0) is 25.3 Å². The number of carbonyl (C=O) groups is 1. The third-order valence-corrected chi connectivity index (χ3v) is 4.00. The molecular formula is C15H22N2O3. The highest BCUT2D eigenvalue weighted by Crippen LogP contribution is 2.24. The first-order chi connectivity index (χ1) is 9.40. The first kappa shape index (κ1) is 15.0. The Morgan fingerprint density at radius 2 is 2.10 bits per heavy atom. The lowest BCUT2D eigenvalue weighted by Crippen LogP contribution is -2.52. The fourth-order valence-corrected chi connectivity index (χ4v) is 2.58. The summed E-state index contributed by atoms with van der Waals surface area (Å²) in [5.41, 5.74) is 5.82. The maximum Gasteiger partial charge on any atom is 0.249 e. The molecule has 1 fully saturated rings. The molecule has 0 saturated carbocycles. The van der Waals surface area contributed by atoms with Crippen LogP contribution in [0.1, 0.15) is 30.1 Å². The molecule has 0 radical (unpaired) electrons. The van der Waals surface area contributed by atoms with E-state index in [4.69, 9.17) is 5.73 Å². The first-order valence-electron chi connectivity index (χ1n) is 6.90. The Kier molecular flexibility index (Phi) is 4.42. The fourth-order valence-electron chi connectivity index (χ4n) is 2.58. The van der Waals surface area contributed by atoms with Crippen LogP contribution in [0.15, 0.2) is 24.3 Å². The van der Waals surface area contributed by atoms with Crippen LogP contribution in [-0.2, 0) is 4.79 Å². The highest BCUT2D eigenvalue weighted by molar-refractivity contribution is 5.83. The summed E-state index contributed by atoms with van der Waals surface area (Å²) < 4.78 is 0. The zero-order chi connectivity index (χ0) is 14.8. The van der Waals surface area contributed by atoms with Gasteiger partial charge in [0, 0.05) is 19.6 Å². The average molecular weight is 278 g/mol. The second kappa shape index (κ2) is 5.91. The summed E-state index contributed by atoms with van der Waals surface area (Å²) in [6.07, 6.45) is 0.0841. The quantitative estimate of drug-likeness (QED) is 0.741. The Morgan fingerprint density at radius 3 is 2.65 bits per heavy atom. The Bertz CT molecular complexity index is 482. The van der Waals surface area contributed by atoms with Gasteiger partial charge in [0.25, 0.3) is 0 Å². The monoisotopic (exact) mass is 278 g/mol. The van der Waals surface area contributed by atoms with E-state index in [9.17, 15) is 15.0 Å². The van der Waals surface area contributed by atoms with Gasteiger partial charge in [-0.2, -0.15) is 0 Å². The number of nitrogens with two attached hydrogens (primary N) is 1. The maximum absolute atomic E-state index is 11.2. The van der Waals surface area contributed by atoms with Crippen molar-refractivity contribution >= 4 is 5.91 Å². The minimum absolute atomic E-state index is 0.322. The number of benzene rings is 1. The summed E-state index contributed by atoms with van der Waals surface area (Å²) in [5.74, 6) is -0.656. The molecule has 1 unspecified atom stereocenters. The van der Waals surface area contributed by atoms with Crippen molar-refractivity contribution in [2.75, 3.05) is 19.6 Å². The van der Waals surface area contributed by atoms with Crippen molar-refractivity contribution in [3.05, 3.63) is 35.4 Å². The number of aryl methyl sites for hydroxylation is 1. The van der Waals surface area contributed by atoms with Crippen molar-refractivity contribution in [1.82, 2.24) is 4.90 Å². The van der Waals surface area contributed by atoms with E-state index in [-0.39, 0.29) is 0 Å². The van der Waals surface area contributed by atoms with Crippen LogP contribution in [0.5, 0.6) is 0 Å². The molecule has 2 rings (SSSR count). The van der Waals surface area contributed by atoms with Crippen molar-refractivity contribution in [2.24, 2.45) is 5.73 Å². The number of likely N-dealkylation sites (tertiary alicyclic amines) is 1. The molecule has 1 amide bonds. The van der Waals surface area contributed by atoms with E-state index in [0.717, 1.165) is 11.1 Å². The van der Waals surface area contributed by atoms with Gasteiger partial charge >= 0.3 is 0 Å². The van der Waals surface area contributed by atoms with Crippen LogP contribution in [0.25, 0.3) is 0 Å². The molecule has 5 nitrogen and oxygen atoms in total. The lowest BCUT2D eigenvalue weighted by molar-refractivity contribution is -0.141. The van der Waals surface area contributed by atoms with Crippen molar-refractivity contribution < 1.29 is 15.0 Å². The number of carbonyl (C=O) groups excluding carboxylic acids is 1. The summed E-state index contributed by atoms with van der Waals surface area (Å²) in [4.78, 5) is 13.2. The Balaban J connectivity index is 1.91. The third-order valence-electron chi connectivity index (χ3n) is 4.00. The van der Waals surface area contributed by atoms with Gasteiger partial charge in [-0.3, -0.25) is 4.79 Å². The lowest BCUT2D eigenvalue weighted by Gasteiger charge is -2.36. The SMILES string of the molecule is Cc1cccc(C(O)CN2CCC(O)(C(N)=O)CC2)c1. The minimum Gasteiger partial charge on any atom is -0.387 e. The van der Waals surface area contributed by atoms with Crippen molar-refractivity contribution in [1.29, 1.82) is 0 Å². The van der Waals surface area contributed by atoms with Crippen LogP contribution < -0.4 is 5.73 Å². The van der Waals surface area contributed by atoms with E-state index in [2.05, 4.69) is 0 Å². The van der Waals surface area contributed by atoms with Gasteiger partial charge in [0.1, 0.15) is 5.60 Å². The van der Waals surface area contributed by atoms with Gasteiger partial charge in [0.15, 0.2) is 0 Å². The van der Waals surface area contributed by atoms with Crippen LogP contribution >= 0.6 is 0 Å². The van der Waals surface area contributed by atoms with E-state index in [0.29, 0.717) is 32.5 Å². The second-order valence-electron chi connectivity index (χ2n) is 5.63. The molecule has 0 bridgehead atoms. The Hall–Kier alpha value is -1.43. The molecule has 1 heterocycles. The summed E-state index contributed by atoms with van der Waals surface area (Å²) in [7, 11) is 0. The molecule has 1 aliphatic rings. The number of amides is 1. The van der Waals surface area contributed by atoms with Crippen molar-refractivity contribution in [3.8, 4) is 0 Å². The Labute approximate surface area is 119 Å². The summed E-state index contributed by atoms with van der Waals surface area (Å²) >= 11 is 0. The van der Waals surface area contributed by atoms with Gasteiger partial charge in [0.05, 0.1) is 6.10 Å². The van der Waals surface area contributed by atoms with E-state index in [1.807, 2.05) is 36.1 Å². The van der Waals surface area contributed by atoms with E-state index in [1.165, 1.54) is 0 Å². The lowest BCUT2D eigenvalue weighted by atomic mass is 9.90. The molecule has 1 aliphatic heterocycles. The van der Waals surface area contributed by atoms with Crippen molar-refractivity contribution in [2.45, 2.75) is 31.5 Å². The molecule has 0 aromatic heterocycles. The number of aliphatic hydroxyl groups excluding tert-OH is 1. The third kappa shape index (κ3) is 3.36. The normalized spacial score (nSPS) is 20.6. The number of nitrogens with zero attached hydrogens (tertiary/aromatic N) is 1. The van der Waals surface area contributed by atoms with Gasteiger partial charge in [-0.25, -0.2) is 0 Å². The minimum atomic E-state index is -1.38. The number of primary amides is 1. The maximum atomic E-state index is 11.2. The molecule has 110 valence electrons. The molecule has 0 aliphatic carbocycles. The van der Waals surface area contributed by atoms with E-state index in [1.54, 1.807) is 0 Å². The van der Waals surface area contributed by atoms with Crippen molar-refractivity contribution in [3.63, 3.8) is 0 Å². The Morgan fingerprint density at radius 1 is 1.45 bits per heavy atom. The smallest absolute Gasteiger partial charge is 0.249 e.